The van der Waals surface area contributed by atoms with Crippen molar-refractivity contribution in [3.8, 4) is 0 Å². The Morgan fingerprint density at radius 1 is 1.45 bits per heavy atom. The summed E-state index contributed by atoms with van der Waals surface area (Å²) in [4.78, 5) is 14.6. The highest BCUT2D eigenvalue weighted by Crippen LogP contribution is 2.31. The predicted octanol–water partition coefficient (Wildman–Crippen LogP) is 2.62. The fourth-order valence-corrected chi connectivity index (χ4v) is 3.19. The van der Waals surface area contributed by atoms with Crippen molar-refractivity contribution in [2.75, 3.05) is 32.0 Å². The van der Waals surface area contributed by atoms with Crippen molar-refractivity contribution >= 4 is 23.4 Å². The molecule has 1 unspecified atom stereocenters. The number of benzene rings is 1. The Balaban J connectivity index is 1.92. The fraction of sp³-hybridized carbons (Fsp3) is 0.533. The fourth-order valence-electron chi connectivity index (χ4n) is 2.60. The Morgan fingerprint density at radius 2 is 2.23 bits per heavy atom. The second-order valence-corrected chi connectivity index (χ2v) is 6.32. The largest absolute Gasteiger partial charge is 0.324 e. The number of nitrogens with zero attached hydrogens (tertiary/aromatic N) is 1. The third kappa shape index (κ3) is 5.23. The zero-order valence-corrected chi connectivity index (χ0v) is 13.3. The lowest BCUT2D eigenvalue weighted by atomic mass is 10.1. The Labute approximate surface area is 133 Å². The molecule has 7 heteroatoms. The van der Waals surface area contributed by atoms with Gasteiger partial charge in [-0.15, -0.1) is 0 Å². The number of thioether (sulfide) groups is 1. The predicted molar refractivity (Wildman–Crippen MR) is 85.5 cm³/mol. The van der Waals surface area contributed by atoms with Crippen LogP contribution >= 0.6 is 11.8 Å². The quantitative estimate of drug-likeness (QED) is 0.788. The van der Waals surface area contributed by atoms with Gasteiger partial charge in [-0.25, -0.2) is 0 Å². The number of amides is 1. The van der Waals surface area contributed by atoms with E-state index in [9.17, 15) is 13.6 Å². The number of hydrogen-bond donors (Lipinski definition) is 2. The van der Waals surface area contributed by atoms with Gasteiger partial charge in [0.15, 0.2) is 0 Å². The molecule has 122 valence electrons. The van der Waals surface area contributed by atoms with Gasteiger partial charge < -0.3 is 10.6 Å². The highest BCUT2D eigenvalue weighted by atomic mass is 32.2. The molecule has 1 amide bonds. The number of likely N-dealkylation sites (N-methyl/N-ethyl adjacent to an activating group) is 1. The van der Waals surface area contributed by atoms with Crippen LogP contribution < -0.4 is 10.6 Å². The number of alkyl halides is 2. The van der Waals surface area contributed by atoms with E-state index in [1.807, 2.05) is 7.05 Å². The maximum Gasteiger partial charge on any atom is 0.288 e. The minimum absolute atomic E-state index is 0.168. The van der Waals surface area contributed by atoms with Gasteiger partial charge in [0.2, 0.25) is 5.91 Å². The molecule has 1 aliphatic rings. The van der Waals surface area contributed by atoms with E-state index in [1.165, 1.54) is 0 Å². The van der Waals surface area contributed by atoms with Crippen molar-refractivity contribution in [1.82, 2.24) is 10.2 Å². The molecule has 1 aliphatic heterocycles. The highest BCUT2D eigenvalue weighted by Gasteiger charge is 2.20. The summed E-state index contributed by atoms with van der Waals surface area (Å²) < 4.78 is 25.1. The summed E-state index contributed by atoms with van der Waals surface area (Å²) >= 11 is 0.445. The van der Waals surface area contributed by atoms with Gasteiger partial charge in [-0.3, -0.25) is 9.69 Å². The lowest BCUT2D eigenvalue weighted by Gasteiger charge is -2.31. The Hall–Kier alpha value is -1.18. The molecular weight excluding hydrogens is 308 g/mol. The number of likely N-dealkylation sites (tertiary alicyclic amines) is 1. The number of halogens is 2. The molecular formula is C15H21F2N3OS. The first-order valence-electron chi connectivity index (χ1n) is 7.32. The number of anilines is 1. The molecule has 0 bridgehead atoms. The van der Waals surface area contributed by atoms with E-state index in [0.717, 1.165) is 25.9 Å². The molecule has 0 aliphatic carbocycles. The Bertz CT molecular complexity index is 501. The van der Waals surface area contributed by atoms with Crippen molar-refractivity contribution in [1.29, 1.82) is 0 Å². The van der Waals surface area contributed by atoms with E-state index in [0.29, 0.717) is 28.4 Å². The van der Waals surface area contributed by atoms with Gasteiger partial charge in [-0.2, -0.15) is 8.78 Å². The number of para-hydroxylation sites is 1. The monoisotopic (exact) mass is 329 g/mol. The minimum atomic E-state index is -2.50. The van der Waals surface area contributed by atoms with Crippen LogP contribution in [0, 0.1) is 0 Å². The molecule has 1 aromatic rings. The molecule has 1 fully saturated rings. The lowest BCUT2D eigenvalue weighted by molar-refractivity contribution is -0.117. The van der Waals surface area contributed by atoms with Gasteiger partial charge in [0.25, 0.3) is 5.76 Å². The van der Waals surface area contributed by atoms with Gasteiger partial charge in [-0.05, 0) is 38.6 Å². The molecule has 2 rings (SSSR count). The molecule has 0 aromatic heterocycles. The molecule has 2 N–H and O–H groups in total. The molecule has 1 atom stereocenters. The smallest absolute Gasteiger partial charge is 0.288 e. The molecule has 1 saturated heterocycles. The van der Waals surface area contributed by atoms with Crippen molar-refractivity contribution in [3.63, 3.8) is 0 Å². The first-order chi connectivity index (χ1) is 10.6. The number of rotatable bonds is 6. The average molecular weight is 329 g/mol. The summed E-state index contributed by atoms with van der Waals surface area (Å²) in [5.41, 5.74) is 0.444. The minimum Gasteiger partial charge on any atom is -0.324 e. The standard InChI is InChI=1S/C15H21F2N3OS/c1-18-11-5-4-8-20(9-11)10-14(21)19-12-6-2-3-7-13(12)22-15(16)17/h2-3,6-7,11,15,18H,4-5,8-10H2,1H3,(H,19,21). The number of carbonyl (C=O) groups is 1. The van der Waals surface area contributed by atoms with Crippen LogP contribution in [-0.2, 0) is 4.79 Å². The Morgan fingerprint density at radius 3 is 2.95 bits per heavy atom. The molecule has 1 heterocycles. The van der Waals surface area contributed by atoms with Crippen LogP contribution in [0.15, 0.2) is 29.2 Å². The van der Waals surface area contributed by atoms with Crippen molar-refractivity contribution in [2.45, 2.75) is 29.5 Å². The average Bonchev–Trinajstić information content (AvgIpc) is 2.49. The van der Waals surface area contributed by atoms with Gasteiger partial charge >= 0.3 is 0 Å². The van der Waals surface area contributed by atoms with Gasteiger partial charge in [-0.1, -0.05) is 23.9 Å². The zero-order valence-electron chi connectivity index (χ0n) is 12.5. The van der Waals surface area contributed by atoms with E-state index in [-0.39, 0.29) is 12.5 Å². The summed E-state index contributed by atoms with van der Waals surface area (Å²) in [6.45, 7) is 2.00. The van der Waals surface area contributed by atoms with Gasteiger partial charge in [0.1, 0.15) is 0 Å². The normalized spacial score (nSPS) is 19.4. The van der Waals surface area contributed by atoms with Crippen molar-refractivity contribution < 1.29 is 13.6 Å². The summed E-state index contributed by atoms with van der Waals surface area (Å²) in [6.07, 6.45) is 2.17. The topological polar surface area (TPSA) is 44.4 Å². The van der Waals surface area contributed by atoms with E-state index < -0.39 is 5.76 Å². The number of carbonyl (C=O) groups excluding carboxylic acids is 1. The van der Waals surface area contributed by atoms with Crippen LogP contribution in [0.3, 0.4) is 0 Å². The first-order valence-corrected chi connectivity index (χ1v) is 8.19. The molecule has 4 nitrogen and oxygen atoms in total. The van der Waals surface area contributed by atoms with Crippen LogP contribution in [0.1, 0.15) is 12.8 Å². The van der Waals surface area contributed by atoms with Crippen LogP contribution in [0.5, 0.6) is 0 Å². The van der Waals surface area contributed by atoms with Crippen molar-refractivity contribution in [2.24, 2.45) is 0 Å². The van der Waals surface area contributed by atoms with Crippen molar-refractivity contribution in [3.05, 3.63) is 24.3 Å². The number of hydrogen-bond acceptors (Lipinski definition) is 4. The molecule has 1 aromatic carbocycles. The van der Waals surface area contributed by atoms with Crippen LogP contribution in [-0.4, -0.2) is 49.3 Å². The first kappa shape index (κ1) is 17.2. The summed E-state index contributed by atoms with van der Waals surface area (Å²) in [5, 5.41) is 5.97. The molecule has 0 spiro atoms. The molecule has 0 radical (unpaired) electrons. The summed E-state index contributed by atoms with van der Waals surface area (Å²) in [5.74, 6) is -2.67. The Kier molecular flexibility index (Phi) is 6.60. The lowest BCUT2D eigenvalue weighted by Crippen LogP contribution is -2.46. The molecule has 0 saturated carbocycles. The SMILES string of the molecule is CNC1CCCN(CC(=O)Nc2ccccc2SC(F)F)C1. The summed E-state index contributed by atoms with van der Waals surface area (Å²) in [7, 11) is 1.92. The van der Waals surface area contributed by atoms with Gasteiger partial charge in [0.05, 0.1) is 12.2 Å². The zero-order chi connectivity index (χ0) is 15.9. The summed E-state index contributed by atoms with van der Waals surface area (Å²) in [6, 6.07) is 7.05. The van der Waals surface area contributed by atoms with E-state index in [4.69, 9.17) is 0 Å². The van der Waals surface area contributed by atoms with Crippen LogP contribution in [0.25, 0.3) is 0 Å². The highest BCUT2D eigenvalue weighted by molar-refractivity contribution is 7.99. The second-order valence-electron chi connectivity index (χ2n) is 5.29. The molecule has 22 heavy (non-hydrogen) atoms. The number of nitrogens with one attached hydrogen (secondary N) is 2. The van der Waals surface area contributed by atoms with Crippen LogP contribution in [0.4, 0.5) is 14.5 Å². The van der Waals surface area contributed by atoms with Gasteiger partial charge in [0, 0.05) is 17.5 Å². The maximum atomic E-state index is 12.5. The maximum absolute atomic E-state index is 12.5. The van der Waals surface area contributed by atoms with E-state index >= 15 is 0 Å². The van der Waals surface area contributed by atoms with Crippen LogP contribution in [0.2, 0.25) is 0 Å². The van der Waals surface area contributed by atoms with E-state index in [2.05, 4.69) is 15.5 Å². The number of piperidine rings is 1. The third-order valence-electron chi connectivity index (χ3n) is 3.66. The second kappa shape index (κ2) is 8.45. The third-order valence-corrected chi connectivity index (χ3v) is 4.45. The van der Waals surface area contributed by atoms with E-state index in [1.54, 1.807) is 24.3 Å².